The first-order valence-electron chi connectivity index (χ1n) is 7.30. The third-order valence-corrected chi connectivity index (χ3v) is 4.19. The molecule has 3 heterocycles. The van der Waals surface area contributed by atoms with Crippen molar-refractivity contribution in [2.24, 2.45) is 4.99 Å². The van der Waals surface area contributed by atoms with Crippen LogP contribution in [0.5, 0.6) is 0 Å². The molecule has 3 amide bonds. The first kappa shape index (κ1) is 13.2. The number of nitrogens with one attached hydrogen (secondary N) is 1. The van der Waals surface area contributed by atoms with Gasteiger partial charge in [-0.3, -0.25) is 10.1 Å². The number of urea groups is 1. The third-order valence-electron chi connectivity index (χ3n) is 4.19. The monoisotopic (exact) mass is 279 g/mol. The van der Waals surface area contributed by atoms with E-state index in [9.17, 15) is 9.59 Å². The van der Waals surface area contributed by atoms with Gasteiger partial charge < -0.3 is 14.7 Å². The average Bonchev–Trinajstić information content (AvgIpc) is 3.03. The average molecular weight is 279 g/mol. The second kappa shape index (κ2) is 4.96. The summed E-state index contributed by atoms with van der Waals surface area (Å²) in [6, 6.07) is -0.743. The summed E-state index contributed by atoms with van der Waals surface area (Å²) in [5, 5.41) is 2.41. The molecule has 3 aliphatic heterocycles. The number of likely N-dealkylation sites (N-methyl/N-ethyl adjacent to an activating group) is 1. The number of imide groups is 1. The highest BCUT2D eigenvalue weighted by Crippen LogP contribution is 2.26. The van der Waals surface area contributed by atoms with Gasteiger partial charge in [0.05, 0.1) is 0 Å². The number of fused-ring (bicyclic) bond motifs is 1. The molecule has 2 saturated heterocycles. The van der Waals surface area contributed by atoms with Crippen LogP contribution in [0.15, 0.2) is 4.99 Å². The fourth-order valence-electron chi connectivity index (χ4n) is 3.17. The van der Waals surface area contributed by atoms with Gasteiger partial charge in [0, 0.05) is 26.7 Å². The van der Waals surface area contributed by atoms with Crippen molar-refractivity contribution in [3.63, 3.8) is 0 Å². The van der Waals surface area contributed by atoms with Gasteiger partial charge in [-0.1, -0.05) is 6.92 Å². The SMILES string of the molecule is CCCN1C(N2CCCC2)=NC2C1C(=O)NC(=O)N2C. The van der Waals surface area contributed by atoms with Crippen LogP contribution >= 0.6 is 0 Å². The molecule has 0 aromatic heterocycles. The first-order chi connectivity index (χ1) is 9.63. The van der Waals surface area contributed by atoms with Crippen molar-refractivity contribution in [3.8, 4) is 0 Å². The molecule has 7 nitrogen and oxygen atoms in total. The van der Waals surface area contributed by atoms with Crippen LogP contribution in [0.25, 0.3) is 0 Å². The van der Waals surface area contributed by atoms with E-state index in [2.05, 4.69) is 27.0 Å². The number of rotatable bonds is 2. The van der Waals surface area contributed by atoms with Crippen molar-refractivity contribution in [3.05, 3.63) is 0 Å². The molecule has 110 valence electrons. The van der Waals surface area contributed by atoms with Crippen molar-refractivity contribution in [1.29, 1.82) is 0 Å². The Morgan fingerprint density at radius 1 is 1.30 bits per heavy atom. The minimum absolute atomic E-state index is 0.232. The van der Waals surface area contributed by atoms with Crippen molar-refractivity contribution >= 4 is 17.9 Å². The number of nitrogens with zero attached hydrogens (tertiary/aromatic N) is 4. The lowest BCUT2D eigenvalue weighted by Crippen LogP contribution is -2.64. The van der Waals surface area contributed by atoms with Gasteiger partial charge in [0.2, 0.25) is 0 Å². The molecule has 0 aromatic carbocycles. The molecular weight excluding hydrogens is 258 g/mol. The Balaban J connectivity index is 1.92. The fraction of sp³-hybridized carbons (Fsp3) is 0.769. The standard InChI is InChI=1S/C13H21N5O2/c1-3-6-18-9-10(16(2)13(20)15-11(9)19)14-12(18)17-7-4-5-8-17/h9-10H,3-8H2,1-2H3,(H,15,19,20). The minimum atomic E-state index is -0.390. The molecule has 2 fully saturated rings. The predicted octanol–water partition coefficient (Wildman–Crippen LogP) is 0.0401. The lowest BCUT2D eigenvalue weighted by Gasteiger charge is -2.37. The van der Waals surface area contributed by atoms with Crippen LogP contribution in [0.4, 0.5) is 4.79 Å². The van der Waals surface area contributed by atoms with Crippen LogP contribution < -0.4 is 5.32 Å². The Morgan fingerprint density at radius 2 is 2.00 bits per heavy atom. The zero-order chi connectivity index (χ0) is 14.3. The summed E-state index contributed by atoms with van der Waals surface area (Å²) in [6.07, 6.45) is 2.88. The quantitative estimate of drug-likeness (QED) is 0.775. The second-order valence-corrected chi connectivity index (χ2v) is 5.58. The number of likely N-dealkylation sites (tertiary alicyclic amines) is 1. The molecule has 1 N–H and O–H groups in total. The molecule has 0 spiro atoms. The Bertz CT molecular complexity index is 458. The summed E-state index contributed by atoms with van der Waals surface area (Å²) in [7, 11) is 1.69. The topological polar surface area (TPSA) is 68.2 Å². The number of guanidine groups is 1. The van der Waals surface area contributed by atoms with E-state index in [-0.39, 0.29) is 18.0 Å². The van der Waals surface area contributed by atoms with Crippen LogP contribution in [-0.2, 0) is 4.79 Å². The van der Waals surface area contributed by atoms with E-state index in [4.69, 9.17) is 0 Å². The van der Waals surface area contributed by atoms with Gasteiger partial charge >= 0.3 is 6.03 Å². The van der Waals surface area contributed by atoms with Crippen LogP contribution in [-0.4, -0.2) is 71.5 Å². The van der Waals surface area contributed by atoms with E-state index in [0.717, 1.165) is 44.9 Å². The number of hydrogen-bond acceptors (Lipinski definition) is 5. The van der Waals surface area contributed by atoms with Crippen molar-refractivity contribution < 1.29 is 9.59 Å². The summed E-state index contributed by atoms with van der Waals surface area (Å²) < 4.78 is 0. The van der Waals surface area contributed by atoms with Crippen molar-refractivity contribution in [1.82, 2.24) is 20.0 Å². The normalized spacial score (nSPS) is 29.7. The Morgan fingerprint density at radius 3 is 2.65 bits per heavy atom. The van der Waals surface area contributed by atoms with Crippen LogP contribution in [0.1, 0.15) is 26.2 Å². The number of hydrogen-bond donors (Lipinski definition) is 1. The highest BCUT2D eigenvalue weighted by Gasteiger charge is 2.49. The van der Waals surface area contributed by atoms with Crippen molar-refractivity contribution in [2.45, 2.75) is 38.4 Å². The van der Waals surface area contributed by atoms with Crippen LogP contribution in [0.2, 0.25) is 0 Å². The lowest BCUT2D eigenvalue weighted by atomic mass is 10.1. The van der Waals surface area contributed by atoms with Gasteiger partial charge in [-0.25, -0.2) is 9.79 Å². The molecule has 2 atom stereocenters. The van der Waals surface area contributed by atoms with E-state index in [1.807, 2.05) is 0 Å². The highest BCUT2D eigenvalue weighted by atomic mass is 16.2. The number of amides is 3. The summed E-state index contributed by atoms with van der Waals surface area (Å²) in [4.78, 5) is 34.4. The van der Waals surface area contributed by atoms with E-state index >= 15 is 0 Å². The van der Waals surface area contributed by atoms with Gasteiger partial charge in [-0.15, -0.1) is 0 Å². The zero-order valence-electron chi connectivity index (χ0n) is 12.0. The first-order valence-corrected chi connectivity index (χ1v) is 7.30. The number of carbonyl (C=O) groups excluding carboxylic acids is 2. The fourth-order valence-corrected chi connectivity index (χ4v) is 3.17. The molecule has 2 unspecified atom stereocenters. The lowest BCUT2D eigenvalue weighted by molar-refractivity contribution is -0.127. The Labute approximate surface area is 118 Å². The molecule has 7 heteroatoms. The minimum Gasteiger partial charge on any atom is -0.343 e. The Kier molecular flexibility index (Phi) is 3.27. The molecule has 0 aromatic rings. The molecular formula is C13H21N5O2. The molecule has 0 bridgehead atoms. The molecule has 0 saturated carbocycles. The van der Waals surface area contributed by atoms with Gasteiger partial charge in [-0.2, -0.15) is 0 Å². The predicted molar refractivity (Wildman–Crippen MR) is 74.1 cm³/mol. The third kappa shape index (κ3) is 1.92. The van der Waals surface area contributed by atoms with E-state index in [0.29, 0.717) is 0 Å². The van der Waals surface area contributed by atoms with Gasteiger partial charge in [0.25, 0.3) is 5.91 Å². The molecule has 3 rings (SSSR count). The van der Waals surface area contributed by atoms with Crippen molar-refractivity contribution in [2.75, 3.05) is 26.7 Å². The van der Waals surface area contributed by atoms with E-state index in [1.54, 1.807) is 7.05 Å². The molecule has 0 radical (unpaired) electrons. The van der Waals surface area contributed by atoms with Crippen LogP contribution in [0, 0.1) is 0 Å². The smallest absolute Gasteiger partial charge is 0.325 e. The summed E-state index contributed by atoms with van der Waals surface area (Å²) in [5.41, 5.74) is 0. The maximum absolute atomic E-state index is 12.2. The van der Waals surface area contributed by atoms with E-state index < -0.39 is 6.17 Å². The Hall–Kier alpha value is -1.79. The molecule has 3 aliphatic rings. The molecule has 20 heavy (non-hydrogen) atoms. The summed E-state index contributed by atoms with van der Waals surface area (Å²) >= 11 is 0. The molecule has 0 aliphatic carbocycles. The summed E-state index contributed by atoms with van der Waals surface area (Å²) in [5.74, 6) is 0.653. The van der Waals surface area contributed by atoms with Crippen LogP contribution in [0.3, 0.4) is 0 Å². The van der Waals surface area contributed by atoms with E-state index in [1.165, 1.54) is 4.90 Å². The maximum Gasteiger partial charge on any atom is 0.325 e. The van der Waals surface area contributed by atoms with Gasteiger partial charge in [-0.05, 0) is 19.3 Å². The van der Waals surface area contributed by atoms with Gasteiger partial charge in [0.1, 0.15) is 0 Å². The summed E-state index contributed by atoms with van der Waals surface area (Å²) in [6.45, 7) is 4.84. The second-order valence-electron chi connectivity index (χ2n) is 5.58. The number of carbonyl (C=O) groups is 2. The zero-order valence-corrected chi connectivity index (χ0v) is 12.0. The number of aliphatic imine (C=N–C) groups is 1. The highest BCUT2D eigenvalue weighted by molar-refractivity contribution is 6.03. The maximum atomic E-state index is 12.2. The largest absolute Gasteiger partial charge is 0.343 e. The van der Waals surface area contributed by atoms with Gasteiger partial charge in [0.15, 0.2) is 18.2 Å².